The zero-order chi connectivity index (χ0) is 4.99. The van der Waals surface area contributed by atoms with Crippen LogP contribution in [-0.4, -0.2) is 25.1 Å². The number of hydrogen-bond acceptors (Lipinski definition) is 1. The molecule has 0 fully saturated rings. The van der Waals surface area contributed by atoms with E-state index in [9.17, 15) is 0 Å². The van der Waals surface area contributed by atoms with Crippen LogP contribution in [0, 0.1) is 0 Å². The molecule has 6 heavy (non-hydrogen) atoms. The predicted molar refractivity (Wildman–Crippen MR) is 26.6 cm³/mol. The fourth-order valence-electron chi connectivity index (χ4n) is 0.0962. The van der Waals surface area contributed by atoms with Crippen LogP contribution in [0.2, 0.25) is 0 Å². The Morgan fingerprint density at radius 2 is 2.33 bits per heavy atom. The Labute approximate surface area is 49.4 Å². The van der Waals surface area contributed by atoms with Gasteiger partial charge in [-0.15, -0.1) is 0 Å². The molecule has 0 amide bonds. The molecule has 1 unspecified atom stereocenters. The van der Waals surface area contributed by atoms with Crippen molar-refractivity contribution in [2.24, 2.45) is 0 Å². The van der Waals surface area contributed by atoms with E-state index in [1.54, 1.807) is 0 Å². The molecule has 0 spiro atoms. The molecule has 0 saturated heterocycles. The van der Waals surface area contributed by atoms with Crippen LogP contribution in [0.25, 0.3) is 0 Å². The summed E-state index contributed by atoms with van der Waals surface area (Å²) in [5.41, 5.74) is 0. The second kappa shape index (κ2) is 3.78. The van der Waals surface area contributed by atoms with E-state index in [1.807, 2.05) is 0 Å². The van der Waals surface area contributed by atoms with Crippen LogP contribution < -0.4 is 0 Å². The first-order valence-electron chi connectivity index (χ1n) is 2.16. The molecule has 0 rings (SSSR count). The monoisotopic (exact) mass is 142 g/mol. The molecule has 0 aliphatic rings. The van der Waals surface area contributed by atoms with Crippen LogP contribution in [0.5, 0.6) is 0 Å². The van der Waals surface area contributed by atoms with Gasteiger partial charge in [0.2, 0.25) is 0 Å². The van der Waals surface area contributed by atoms with Crippen molar-refractivity contribution in [3.8, 4) is 0 Å². The Morgan fingerprint density at radius 1 is 1.83 bits per heavy atom. The van der Waals surface area contributed by atoms with Gasteiger partial charge in [0.1, 0.15) is 0 Å². The molecule has 0 aromatic heterocycles. The van der Waals surface area contributed by atoms with Crippen molar-refractivity contribution in [2.45, 2.75) is 26.4 Å². The molecular formula is C4H9GaO. The Kier molecular flexibility index (Phi) is 4.15. The molecule has 0 aromatic carbocycles. The first-order valence-corrected chi connectivity index (χ1v) is 3.15. The van der Waals surface area contributed by atoms with Crippen LogP contribution in [0.3, 0.4) is 0 Å². The SMILES string of the molecule is CCC(C)[O][Ga]. The predicted octanol–water partition coefficient (Wildman–Crippen LogP) is 0.885. The molecule has 0 N–H and O–H groups in total. The Morgan fingerprint density at radius 3 is 2.33 bits per heavy atom. The molecule has 0 aliphatic carbocycles. The van der Waals surface area contributed by atoms with Gasteiger partial charge in [-0.3, -0.25) is 0 Å². The van der Waals surface area contributed by atoms with E-state index in [1.165, 1.54) is 19.0 Å². The van der Waals surface area contributed by atoms with Gasteiger partial charge in [-0.05, 0) is 0 Å². The molecule has 0 bridgehead atoms. The van der Waals surface area contributed by atoms with Crippen molar-refractivity contribution in [1.29, 1.82) is 0 Å². The van der Waals surface area contributed by atoms with E-state index in [0.29, 0.717) is 6.10 Å². The number of hydrogen-bond donors (Lipinski definition) is 0. The topological polar surface area (TPSA) is 9.23 Å². The molecular weight excluding hydrogens is 134 g/mol. The fourth-order valence-corrected chi connectivity index (χ4v) is 0.500. The van der Waals surface area contributed by atoms with Crippen LogP contribution in [0.4, 0.5) is 0 Å². The molecule has 0 aromatic rings. The summed E-state index contributed by atoms with van der Waals surface area (Å²) in [5, 5.41) is 0. The van der Waals surface area contributed by atoms with Crippen LogP contribution in [0.1, 0.15) is 20.3 Å². The summed E-state index contributed by atoms with van der Waals surface area (Å²) in [6.45, 7) is 4.19. The molecule has 1 atom stereocenters. The van der Waals surface area contributed by atoms with Crippen molar-refractivity contribution in [2.75, 3.05) is 0 Å². The second-order valence-corrected chi connectivity index (χ2v) is 1.93. The summed E-state index contributed by atoms with van der Waals surface area (Å²) in [5.74, 6) is 0. The van der Waals surface area contributed by atoms with Gasteiger partial charge in [0, 0.05) is 0 Å². The van der Waals surface area contributed by atoms with E-state index in [-0.39, 0.29) is 0 Å². The molecule has 34 valence electrons. The first kappa shape index (κ1) is 6.60. The summed E-state index contributed by atoms with van der Waals surface area (Å²) in [6, 6.07) is 0. The average Bonchev–Trinajstić information content (AvgIpc) is 1.65. The van der Waals surface area contributed by atoms with Gasteiger partial charge in [0.05, 0.1) is 0 Å². The molecule has 0 aliphatic heterocycles. The van der Waals surface area contributed by atoms with Gasteiger partial charge in [0.15, 0.2) is 0 Å². The van der Waals surface area contributed by atoms with Crippen LogP contribution in [0.15, 0.2) is 0 Å². The van der Waals surface area contributed by atoms with Crippen molar-refractivity contribution >= 4 is 19.0 Å². The summed E-state index contributed by atoms with van der Waals surface area (Å²) >= 11 is 1.35. The Bertz CT molecular complexity index is 26.7. The van der Waals surface area contributed by atoms with Crippen LogP contribution >= 0.6 is 0 Å². The van der Waals surface area contributed by atoms with E-state index in [4.69, 9.17) is 3.53 Å². The molecule has 1 nitrogen and oxygen atoms in total. The standard InChI is InChI=1S/C4H9O.Ga/c1-3-4(2)5;/h4H,3H2,1-2H3;/q-1;+1. The minimum absolute atomic E-state index is 0.463. The second-order valence-electron chi connectivity index (χ2n) is 1.35. The molecule has 0 saturated carbocycles. The first-order chi connectivity index (χ1) is 2.81. The Hall–Kier alpha value is 0.596. The zero-order valence-electron chi connectivity index (χ0n) is 4.27. The third kappa shape index (κ3) is 2.81. The third-order valence-electron chi connectivity index (χ3n) is 0.807. The maximum atomic E-state index is 4.96. The van der Waals surface area contributed by atoms with E-state index >= 15 is 0 Å². The van der Waals surface area contributed by atoms with Crippen molar-refractivity contribution < 1.29 is 3.53 Å². The van der Waals surface area contributed by atoms with E-state index in [0.717, 1.165) is 6.42 Å². The zero-order valence-corrected chi connectivity index (χ0v) is 6.69. The van der Waals surface area contributed by atoms with Crippen molar-refractivity contribution in [1.82, 2.24) is 0 Å². The van der Waals surface area contributed by atoms with Crippen molar-refractivity contribution in [3.63, 3.8) is 0 Å². The fraction of sp³-hybridized carbons (Fsp3) is 1.00. The summed E-state index contributed by atoms with van der Waals surface area (Å²) in [6.07, 6.45) is 1.59. The summed E-state index contributed by atoms with van der Waals surface area (Å²) in [4.78, 5) is 0. The number of rotatable bonds is 2. The van der Waals surface area contributed by atoms with Gasteiger partial charge in [0.25, 0.3) is 0 Å². The summed E-state index contributed by atoms with van der Waals surface area (Å²) < 4.78 is 4.96. The maximum absolute atomic E-state index is 4.96. The quantitative estimate of drug-likeness (QED) is 0.521. The molecule has 2 heteroatoms. The van der Waals surface area contributed by atoms with Gasteiger partial charge in [-0.2, -0.15) is 0 Å². The van der Waals surface area contributed by atoms with Crippen molar-refractivity contribution in [3.05, 3.63) is 0 Å². The van der Waals surface area contributed by atoms with Gasteiger partial charge in [-0.1, -0.05) is 0 Å². The average molecular weight is 143 g/mol. The summed E-state index contributed by atoms with van der Waals surface area (Å²) in [7, 11) is 0. The van der Waals surface area contributed by atoms with E-state index in [2.05, 4.69) is 13.8 Å². The molecule has 0 heterocycles. The normalized spacial score (nSPS) is 14.3. The van der Waals surface area contributed by atoms with Gasteiger partial charge >= 0.3 is 48.9 Å². The van der Waals surface area contributed by atoms with Crippen LogP contribution in [-0.2, 0) is 3.53 Å². The third-order valence-corrected chi connectivity index (χ3v) is 1.78. The van der Waals surface area contributed by atoms with Gasteiger partial charge in [-0.25, -0.2) is 0 Å². The minimum atomic E-state index is 0.463. The Balaban J connectivity index is 2.75. The van der Waals surface area contributed by atoms with Gasteiger partial charge < -0.3 is 0 Å². The molecule has 2 radical (unpaired) electrons. The van der Waals surface area contributed by atoms with E-state index < -0.39 is 0 Å².